The second kappa shape index (κ2) is 5.68. The van der Waals surface area contributed by atoms with Gasteiger partial charge >= 0.3 is 0 Å². The number of hydrogen-bond acceptors (Lipinski definition) is 6. The van der Waals surface area contributed by atoms with Gasteiger partial charge in [-0.1, -0.05) is 11.2 Å². The zero-order valence-corrected chi connectivity index (χ0v) is 12.9. The van der Waals surface area contributed by atoms with Crippen LogP contribution in [-0.2, 0) is 0 Å². The van der Waals surface area contributed by atoms with Gasteiger partial charge in [0.05, 0.1) is 6.04 Å². The van der Waals surface area contributed by atoms with Gasteiger partial charge in [-0.3, -0.25) is 4.90 Å². The molecule has 2 aromatic heterocycles. The number of anilines is 1. The van der Waals surface area contributed by atoms with Crippen LogP contribution in [0.3, 0.4) is 0 Å². The predicted octanol–water partition coefficient (Wildman–Crippen LogP) is 2.23. The summed E-state index contributed by atoms with van der Waals surface area (Å²) in [5.41, 5.74) is 0. The van der Waals surface area contributed by atoms with E-state index in [2.05, 4.69) is 37.9 Å². The molecule has 2 aliphatic rings. The third kappa shape index (κ3) is 2.70. The summed E-state index contributed by atoms with van der Waals surface area (Å²) in [7, 11) is 0. The summed E-state index contributed by atoms with van der Waals surface area (Å²) in [5, 5.41) is 4.12. The Balaban J connectivity index is 1.38. The third-order valence-electron chi connectivity index (χ3n) is 4.59. The van der Waals surface area contributed by atoms with Gasteiger partial charge in [0.25, 0.3) is 0 Å². The van der Waals surface area contributed by atoms with E-state index in [1.165, 1.54) is 12.8 Å². The second-order valence-electron chi connectivity index (χ2n) is 6.15. The third-order valence-corrected chi connectivity index (χ3v) is 4.59. The highest BCUT2D eigenvalue weighted by Gasteiger charge is 2.31. The summed E-state index contributed by atoms with van der Waals surface area (Å²) >= 11 is 0. The molecule has 0 aromatic carbocycles. The first-order valence-corrected chi connectivity index (χ1v) is 8.05. The summed E-state index contributed by atoms with van der Waals surface area (Å²) < 4.78 is 5.46. The Morgan fingerprint density at radius 3 is 2.68 bits per heavy atom. The van der Waals surface area contributed by atoms with E-state index in [0.29, 0.717) is 5.92 Å². The van der Waals surface area contributed by atoms with Gasteiger partial charge in [-0.2, -0.15) is 4.98 Å². The Bertz CT molecular complexity index is 616. The number of piperazine rings is 1. The molecule has 1 saturated heterocycles. The minimum atomic E-state index is 0.186. The van der Waals surface area contributed by atoms with Gasteiger partial charge in [0.1, 0.15) is 5.82 Å². The lowest BCUT2D eigenvalue weighted by Gasteiger charge is -2.37. The maximum Gasteiger partial charge on any atom is 0.243 e. The number of nitrogens with zero attached hydrogens (tertiary/aromatic N) is 5. The van der Waals surface area contributed by atoms with E-state index < -0.39 is 0 Å². The molecule has 1 aliphatic carbocycles. The van der Waals surface area contributed by atoms with Gasteiger partial charge in [-0.05, 0) is 31.9 Å². The molecule has 1 atom stereocenters. The highest BCUT2D eigenvalue weighted by atomic mass is 16.5. The molecular formula is C16H21N5O. The van der Waals surface area contributed by atoms with Crippen molar-refractivity contribution in [3.05, 3.63) is 36.1 Å². The zero-order chi connectivity index (χ0) is 14.9. The maximum absolute atomic E-state index is 5.46. The molecule has 6 heteroatoms. The van der Waals surface area contributed by atoms with Crippen molar-refractivity contribution in [1.29, 1.82) is 0 Å². The van der Waals surface area contributed by atoms with E-state index in [9.17, 15) is 0 Å². The van der Waals surface area contributed by atoms with Gasteiger partial charge in [-0.15, -0.1) is 0 Å². The summed E-state index contributed by atoms with van der Waals surface area (Å²) in [6, 6.07) is 6.24. The molecular weight excluding hydrogens is 278 g/mol. The quantitative estimate of drug-likeness (QED) is 0.863. The van der Waals surface area contributed by atoms with E-state index in [1.54, 1.807) is 0 Å². The van der Waals surface area contributed by atoms with E-state index in [-0.39, 0.29) is 6.04 Å². The molecule has 3 heterocycles. The van der Waals surface area contributed by atoms with Crippen LogP contribution in [0.5, 0.6) is 0 Å². The van der Waals surface area contributed by atoms with Crippen molar-refractivity contribution in [2.75, 3.05) is 31.1 Å². The van der Waals surface area contributed by atoms with Crippen molar-refractivity contribution in [3.63, 3.8) is 0 Å². The number of hydrogen-bond donors (Lipinski definition) is 0. The van der Waals surface area contributed by atoms with E-state index >= 15 is 0 Å². The largest absolute Gasteiger partial charge is 0.354 e. The summed E-state index contributed by atoms with van der Waals surface area (Å²) in [4.78, 5) is 13.7. The Labute approximate surface area is 130 Å². The lowest BCUT2D eigenvalue weighted by molar-refractivity contribution is 0.164. The van der Waals surface area contributed by atoms with Gasteiger partial charge in [0, 0.05) is 38.3 Å². The fourth-order valence-electron chi connectivity index (χ4n) is 2.96. The Morgan fingerprint density at radius 2 is 2.00 bits per heavy atom. The fraction of sp³-hybridized carbons (Fsp3) is 0.562. The van der Waals surface area contributed by atoms with Gasteiger partial charge < -0.3 is 9.42 Å². The number of rotatable bonds is 4. The SMILES string of the molecule is CC(c1nc(C2CC2)no1)N1CCN(c2ccccn2)CC1. The minimum absolute atomic E-state index is 0.186. The lowest BCUT2D eigenvalue weighted by Crippen LogP contribution is -2.47. The molecule has 1 aliphatic heterocycles. The van der Waals surface area contributed by atoms with Crippen LogP contribution >= 0.6 is 0 Å². The van der Waals surface area contributed by atoms with Gasteiger partial charge in [0.15, 0.2) is 5.82 Å². The van der Waals surface area contributed by atoms with Crippen LogP contribution in [-0.4, -0.2) is 46.2 Å². The molecule has 0 amide bonds. The average molecular weight is 299 g/mol. The molecule has 116 valence electrons. The van der Waals surface area contributed by atoms with E-state index in [1.807, 2.05) is 18.3 Å². The monoisotopic (exact) mass is 299 g/mol. The standard InChI is InChI=1S/C16H21N5O/c1-12(16-18-15(19-22-16)13-5-6-13)20-8-10-21(11-9-20)14-4-2-3-7-17-14/h2-4,7,12-13H,5-6,8-11H2,1H3. The second-order valence-corrected chi connectivity index (χ2v) is 6.15. The van der Waals surface area contributed by atoms with Gasteiger partial charge in [-0.25, -0.2) is 4.98 Å². The van der Waals surface area contributed by atoms with Crippen LogP contribution in [0.15, 0.2) is 28.9 Å². The molecule has 0 spiro atoms. The fourth-order valence-corrected chi connectivity index (χ4v) is 2.96. The topological polar surface area (TPSA) is 58.3 Å². The summed E-state index contributed by atoms with van der Waals surface area (Å²) in [5.74, 6) is 3.26. The van der Waals surface area contributed by atoms with Gasteiger partial charge in [0.2, 0.25) is 5.89 Å². The van der Waals surface area contributed by atoms with Crippen molar-refractivity contribution < 1.29 is 4.52 Å². The molecule has 0 radical (unpaired) electrons. The molecule has 6 nitrogen and oxygen atoms in total. The highest BCUT2D eigenvalue weighted by Crippen LogP contribution is 2.38. The zero-order valence-electron chi connectivity index (χ0n) is 12.9. The summed E-state index contributed by atoms with van der Waals surface area (Å²) in [6.07, 6.45) is 4.26. The maximum atomic E-state index is 5.46. The van der Waals surface area contributed by atoms with Crippen molar-refractivity contribution in [2.45, 2.75) is 31.7 Å². The van der Waals surface area contributed by atoms with Crippen molar-refractivity contribution in [2.24, 2.45) is 0 Å². The molecule has 0 N–H and O–H groups in total. The Morgan fingerprint density at radius 1 is 1.18 bits per heavy atom. The minimum Gasteiger partial charge on any atom is -0.354 e. The van der Waals surface area contributed by atoms with Crippen LogP contribution in [0.2, 0.25) is 0 Å². The Kier molecular flexibility index (Phi) is 3.54. The lowest BCUT2D eigenvalue weighted by atomic mass is 10.2. The van der Waals surface area contributed by atoms with Crippen molar-refractivity contribution >= 4 is 5.82 Å². The summed E-state index contributed by atoms with van der Waals surface area (Å²) in [6.45, 7) is 6.08. The number of pyridine rings is 1. The first-order chi connectivity index (χ1) is 10.8. The smallest absolute Gasteiger partial charge is 0.243 e. The first kappa shape index (κ1) is 13.7. The molecule has 1 saturated carbocycles. The van der Waals surface area contributed by atoms with Crippen LogP contribution in [0.25, 0.3) is 0 Å². The average Bonchev–Trinajstić information content (AvgIpc) is 3.32. The molecule has 1 unspecified atom stereocenters. The van der Waals surface area contributed by atoms with Crippen LogP contribution in [0.4, 0.5) is 5.82 Å². The van der Waals surface area contributed by atoms with E-state index in [0.717, 1.165) is 43.7 Å². The molecule has 2 fully saturated rings. The normalized spacial score (nSPS) is 21.0. The number of aromatic nitrogens is 3. The highest BCUT2D eigenvalue weighted by molar-refractivity contribution is 5.38. The predicted molar refractivity (Wildman–Crippen MR) is 82.7 cm³/mol. The molecule has 2 aromatic rings. The van der Waals surface area contributed by atoms with Crippen LogP contribution in [0, 0.1) is 0 Å². The first-order valence-electron chi connectivity index (χ1n) is 8.05. The molecule has 4 rings (SSSR count). The molecule has 0 bridgehead atoms. The molecule has 22 heavy (non-hydrogen) atoms. The van der Waals surface area contributed by atoms with Crippen molar-refractivity contribution in [3.8, 4) is 0 Å². The van der Waals surface area contributed by atoms with Crippen LogP contribution in [0.1, 0.15) is 43.4 Å². The van der Waals surface area contributed by atoms with Crippen LogP contribution < -0.4 is 4.90 Å². The Hall–Kier alpha value is -1.95. The van der Waals surface area contributed by atoms with Crippen molar-refractivity contribution in [1.82, 2.24) is 20.0 Å². The van der Waals surface area contributed by atoms with E-state index in [4.69, 9.17) is 4.52 Å².